The second kappa shape index (κ2) is 9.56. The van der Waals surface area contributed by atoms with Gasteiger partial charge in [0.2, 0.25) is 5.91 Å². The highest BCUT2D eigenvalue weighted by Gasteiger charge is 2.25. The molecule has 0 unspecified atom stereocenters. The summed E-state index contributed by atoms with van der Waals surface area (Å²) in [7, 11) is 1.92. The van der Waals surface area contributed by atoms with Crippen molar-refractivity contribution >= 4 is 18.3 Å². The van der Waals surface area contributed by atoms with Gasteiger partial charge >= 0.3 is 0 Å². The number of likely N-dealkylation sites (N-methyl/N-ethyl adjacent to an activating group) is 1. The first kappa shape index (κ1) is 20.2. The van der Waals surface area contributed by atoms with Crippen LogP contribution < -0.4 is 5.32 Å². The summed E-state index contributed by atoms with van der Waals surface area (Å²) in [5, 5.41) is 3.70. The predicted molar refractivity (Wildman–Crippen MR) is 105 cm³/mol. The summed E-state index contributed by atoms with van der Waals surface area (Å²) in [5.74, 6) is 1.17. The van der Waals surface area contributed by atoms with E-state index in [4.69, 9.17) is 0 Å². The maximum Gasteiger partial charge on any atom is 0.236 e. The summed E-state index contributed by atoms with van der Waals surface area (Å²) in [6, 6.07) is 8.95. The Kier molecular flexibility index (Phi) is 7.73. The fourth-order valence-corrected chi connectivity index (χ4v) is 3.39. The number of rotatable bonds is 7. The van der Waals surface area contributed by atoms with E-state index in [0.717, 1.165) is 19.0 Å². The van der Waals surface area contributed by atoms with E-state index in [0.29, 0.717) is 19.1 Å². The third-order valence-corrected chi connectivity index (χ3v) is 5.43. The van der Waals surface area contributed by atoms with Crippen LogP contribution in [0.4, 0.5) is 0 Å². The second-order valence-corrected chi connectivity index (χ2v) is 7.58. The minimum Gasteiger partial charge on any atom is -0.340 e. The van der Waals surface area contributed by atoms with Gasteiger partial charge in [0.1, 0.15) is 0 Å². The van der Waals surface area contributed by atoms with Gasteiger partial charge in [-0.15, -0.1) is 12.4 Å². The Labute approximate surface area is 158 Å². The largest absolute Gasteiger partial charge is 0.340 e. The molecular formula is C20H32ClN3O. The van der Waals surface area contributed by atoms with E-state index in [1.165, 1.54) is 43.4 Å². The molecule has 1 aliphatic heterocycles. The van der Waals surface area contributed by atoms with E-state index in [2.05, 4.69) is 29.3 Å². The zero-order chi connectivity index (χ0) is 16.9. The summed E-state index contributed by atoms with van der Waals surface area (Å²) >= 11 is 0. The van der Waals surface area contributed by atoms with Gasteiger partial charge in [0.25, 0.3) is 0 Å². The van der Waals surface area contributed by atoms with Gasteiger partial charge < -0.3 is 10.2 Å². The number of aryl methyl sites for hydroxylation is 1. The monoisotopic (exact) mass is 365 g/mol. The number of likely N-dealkylation sites (tertiary alicyclic amines) is 1. The van der Waals surface area contributed by atoms with Crippen LogP contribution in [0.3, 0.4) is 0 Å². The molecule has 4 nitrogen and oxygen atoms in total. The molecular weight excluding hydrogens is 334 g/mol. The minimum atomic E-state index is 0. The molecule has 1 heterocycles. The van der Waals surface area contributed by atoms with E-state index >= 15 is 0 Å². The van der Waals surface area contributed by atoms with Crippen molar-refractivity contribution in [2.45, 2.75) is 45.2 Å². The normalized spacial score (nSPS) is 18.6. The molecule has 1 saturated heterocycles. The Morgan fingerprint density at radius 1 is 1.20 bits per heavy atom. The molecule has 0 aromatic heterocycles. The molecule has 1 N–H and O–H groups in total. The number of amides is 1. The first-order chi connectivity index (χ1) is 11.6. The summed E-state index contributed by atoms with van der Waals surface area (Å²) in [6.45, 7) is 6.62. The fraction of sp³-hybridized carbons (Fsp3) is 0.650. The Bertz CT molecular complexity index is 554. The Morgan fingerprint density at radius 3 is 2.52 bits per heavy atom. The number of halogens is 1. The molecule has 140 valence electrons. The van der Waals surface area contributed by atoms with Crippen molar-refractivity contribution in [1.82, 2.24) is 15.1 Å². The molecule has 0 bridgehead atoms. The first-order valence-electron chi connectivity index (χ1n) is 9.36. The van der Waals surface area contributed by atoms with Crippen LogP contribution in [0.25, 0.3) is 0 Å². The van der Waals surface area contributed by atoms with Gasteiger partial charge in [-0.3, -0.25) is 9.69 Å². The molecule has 2 aliphatic rings. The quantitative estimate of drug-likeness (QED) is 0.807. The summed E-state index contributed by atoms with van der Waals surface area (Å²) < 4.78 is 0. The predicted octanol–water partition coefficient (Wildman–Crippen LogP) is 2.84. The lowest BCUT2D eigenvalue weighted by Crippen LogP contribution is -2.46. The molecule has 1 aromatic carbocycles. The van der Waals surface area contributed by atoms with Gasteiger partial charge in [-0.25, -0.2) is 0 Å². The second-order valence-electron chi connectivity index (χ2n) is 7.58. The molecule has 5 heteroatoms. The smallest absolute Gasteiger partial charge is 0.236 e. The van der Waals surface area contributed by atoms with Crippen molar-refractivity contribution in [2.24, 2.45) is 5.92 Å². The van der Waals surface area contributed by atoms with Crippen LogP contribution in [0.2, 0.25) is 0 Å². The van der Waals surface area contributed by atoms with E-state index in [9.17, 15) is 4.79 Å². The molecule has 25 heavy (non-hydrogen) atoms. The van der Waals surface area contributed by atoms with E-state index in [1.807, 2.05) is 24.1 Å². The van der Waals surface area contributed by atoms with Gasteiger partial charge in [-0.2, -0.15) is 0 Å². The van der Waals surface area contributed by atoms with E-state index in [-0.39, 0.29) is 18.3 Å². The van der Waals surface area contributed by atoms with Gasteiger partial charge in [0, 0.05) is 32.7 Å². The lowest BCUT2D eigenvalue weighted by atomic mass is 10.0. The van der Waals surface area contributed by atoms with Crippen LogP contribution in [0, 0.1) is 12.8 Å². The molecule has 0 spiro atoms. The number of hydrogen-bond acceptors (Lipinski definition) is 3. The highest BCUT2D eigenvalue weighted by atomic mass is 35.5. The maximum absolute atomic E-state index is 12.5. The lowest BCUT2D eigenvalue weighted by Gasteiger charge is -2.33. The van der Waals surface area contributed by atoms with E-state index in [1.54, 1.807) is 0 Å². The number of hydrogen-bond donors (Lipinski definition) is 1. The molecule has 2 fully saturated rings. The van der Waals surface area contributed by atoms with E-state index < -0.39 is 0 Å². The van der Waals surface area contributed by atoms with Gasteiger partial charge in [0.15, 0.2) is 0 Å². The van der Waals surface area contributed by atoms with Crippen LogP contribution in [-0.4, -0.2) is 55.0 Å². The summed E-state index contributed by atoms with van der Waals surface area (Å²) in [5.41, 5.74) is 2.48. The standard InChI is InChI=1S/C20H31N3O.ClH/c1-16-5-3-4-6-18(16)14-22(2)20(24)15-23-11-9-19(10-12-23)21-13-17-7-8-17;/h3-6,17,19,21H,7-15H2,1-2H3;1H. The highest BCUT2D eigenvalue weighted by molar-refractivity contribution is 5.85. The van der Waals surface area contributed by atoms with Crippen molar-refractivity contribution in [1.29, 1.82) is 0 Å². The van der Waals surface area contributed by atoms with Gasteiger partial charge in [-0.05, 0) is 56.2 Å². The number of nitrogens with zero attached hydrogens (tertiary/aromatic N) is 2. The van der Waals surface area contributed by atoms with Crippen molar-refractivity contribution in [3.05, 3.63) is 35.4 Å². The number of benzene rings is 1. The average Bonchev–Trinajstić information content (AvgIpc) is 3.40. The lowest BCUT2D eigenvalue weighted by molar-refractivity contribution is -0.131. The molecule has 0 radical (unpaired) electrons. The average molecular weight is 366 g/mol. The fourth-order valence-electron chi connectivity index (χ4n) is 3.39. The Balaban J connectivity index is 0.00000225. The number of carbonyl (C=O) groups excluding carboxylic acids is 1. The maximum atomic E-state index is 12.5. The Morgan fingerprint density at radius 2 is 1.88 bits per heavy atom. The van der Waals surface area contributed by atoms with Crippen LogP contribution in [0.15, 0.2) is 24.3 Å². The number of nitrogens with one attached hydrogen (secondary N) is 1. The van der Waals surface area contributed by atoms with Crippen LogP contribution in [-0.2, 0) is 11.3 Å². The molecule has 1 amide bonds. The first-order valence-corrected chi connectivity index (χ1v) is 9.36. The van der Waals surface area contributed by atoms with Crippen LogP contribution >= 0.6 is 12.4 Å². The SMILES string of the molecule is Cc1ccccc1CN(C)C(=O)CN1CCC(NCC2CC2)CC1.Cl. The minimum absolute atomic E-state index is 0. The van der Waals surface area contributed by atoms with Crippen molar-refractivity contribution in [3.63, 3.8) is 0 Å². The van der Waals surface area contributed by atoms with Crippen LogP contribution in [0.1, 0.15) is 36.8 Å². The third kappa shape index (κ3) is 6.28. The van der Waals surface area contributed by atoms with Crippen molar-refractivity contribution in [3.8, 4) is 0 Å². The number of carbonyl (C=O) groups is 1. The van der Waals surface area contributed by atoms with Gasteiger partial charge in [-0.1, -0.05) is 24.3 Å². The third-order valence-electron chi connectivity index (χ3n) is 5.43. The molecule has 1 aliphatic carbocycles. The molecule has 1 aromatic rings. The zero-order valence-corrected chi connectivity index (χ0v) is 16.4. The zero-order valence-electron chi connectivity index (χ0n) is 15.5. The van der Waals surface area contributed by atoms with Gasteiger partial charge in [0.05, 0.1) is 6.54 Å². The molecule has 1 saturated carbocycles. The molecule has 0 atom stereocenters. The Hall–Kier alpha value is -1.10. The number of piperidine rings is 1. The molecule has 3 rings (SSSR count). The van der Waals surface area contributed by atoms with Crippen LogP contribution in [0.5, 0.6) is 0 Å². The summed E-state index contributed by atoms with van der Waals surface area (Å²) in [6.07, 6.45) is 5.16. The van der Waals surface area contributed by atoms with Crippen molar-refractivity contribution < 1.29 is 4.79 Å². The topological polar surface area (TPSA) is 35.6 Å². The van der Waals surface area contributed by atoms with Crippen molar-refractivity contribution in [2.75, 3.05) is 33.2 Å². The highest BCUT2D eigenvalue weighted by Crippen LogP contribution is 2.28. The summed E-state index contributed by atoms with van der Waals surface area (Å²) in [4.78, 5) is 16.7.